The Morgan fingerprint density at radius 2 is 0.621 bits per heavy atom. The van der Waals surface area contributed by atoms with E-state index >= 15 is 0 Å². The first kappa shape index (κ1) is 29.3. The topological polar surface area (TPSA) is 36.9 Å². The lowest BCUT2D eigenvalue weighted by atomic mass is 10.2. The quantitative estimate of drug-likeness (QED) is 0.360. The highest BCUT2D eigenvalue weighted by Gasteiger charge is 2.59. The Kier molecular flexibility index (Phi) is 9.50. The van der Waals surface area contributed by atoms with Crippen LogP contribution >= 0.6 is 0 Å². The first-order chi connectivity index (χ1) is 12.4. The van der Waals surface area contributed by atoms with Crippen LogP contribution in [0.25, 0.3) is 0 Å². The third kappa shape index (κ3) is 10.9. The highest BCUT2D eigenvalue weighted by molar-refractivity contribution is 6.87. The van der Waals surface area contributed by atoms with E-state index in [0.29, 0.717) is 0 Å². The van der Waals surface area contributed by atoms with Gasteiger partial charge in [-0.3, -0.25) is 0 Å². The third-order valence-corrected chi connectivity index (χ3v) is 15.5. The van der Waals surface area contributed by atoms with Crippen LogP contribution in [0.4, 0.5) is 0 Å². The number of rotatable bonds is 8. The lowest BCUT2D eigenvalue weighted by molar-refractivity contribution is -0.00441. The van der Waals surface area contributed by atoms with Crippen LogP contribution < -0.4 is 0 Å². The van der Waals surface area contributed by atoms with E-state index in [4.69, 9.17) is 17.7 Å². The standard InChI is InChI=1S/C23H52O4Si2/c1-18(2)28(24-20(5,6)7,25-21(8,9)10)17-29(19(3)4,26-22(11,12)13)27-23(14,15)16/h18-19H,17H2,1-16H3. The van der Waals surface area contributed by atoms with Gasteiger partial charge >= 0.3 is 17.1 Å². The van der Waals surface area contributed by atoms with Gasteiger partial charge < -0.3 is 17.7 Å². The fourth-order valence-corrected chi connectivity index (χ4v) is 15.8. The van der Waals surface area contributed by atoms with Crippen molar-refractivity contribution in [3.8, 4) is 0 Å². The molecule has 4 nitrogen and oxygen atoms in total. The molecule has 0 heterocycles. The van der Waals surface area contributed by atoms with Gasteiger partial charge in [0.25, 0.3) is 0 Å². The van der Waals surface area contributed by atoms with Gasteiger partial charge in [-0.15, -0.1) is 0 Å². The minimum atomic E-state index is -2.73. The van der Waals surface area contributed by atoms with Gasteiger partial charge in [-0.2, -0.15) is 0 Å². The van der Waals surface area contributed by atoms with E-state index in [1.165, 1.54) is 0 Å². The van der Waals surface area contributed by atoms with Crippen molar-refractivity contribution < 1.29 is 17.7 Å². The molecule has 0 spiro atoms. The molecule has 0 aliphatic heterocycles. The molecule has 0 aliphatic rings. The maximum absolute atomic E-state index is 6.89. The van der Waals surface area contributed by atoms with E-state index in [1.807, 2.05) is 0 Å². The Bertz CT molecular complexity index is 425. The average molecular weight is 449 g/mol. The second-order valence-electron chi connectivity index (χ2n) is 13.0. The molecule has 0 radical (unpaired) electrons. The van der Waals surface area contributed by atoms with Crippen molar-refractivity contribution in [2.24, 2.45) is 0 Å². The molecule has 0 rings (SSSR count). The molecule has 0 atom stereocenters. The van der Waals surface area contributed by atoms with Gasteiger partial charge in [-0.1, -0.05) is 27.7 Å². The molecule has 0 bridgehead atoms. The van der Waals surface area contributed by atoms with Crippen molar-refractivity contribution in [2.75, 3.05) is 0 Å². The fourth-order valence-electron chi connectivity index (χ4n) is 3.48. The van der Waals surface area contributed by atoms with E-state index in [-0.39, 0.29) is 33.5 Å². The molecule has 0 aliphatic carbocycles. The summed E-state index contributed by atoms with van der Waals surface area (Å²) < 4.78 is 27.6. The highest BCUT2D eigenvalue weighted by atomic mass is 28.4. The number of hydrogen-bond donors (Lipinski definition) is 0. The molecule has 29 heavy (non-hydrogen) atoms. The van der Waals surface area contributed by atoms with Gasteiger partial charge in [0, 0.05) is 5.67 Å². The monoisotopic (exact) mass is 448 g/mol. The summed E-state index contributed by atoms with van der Waals surface area (Å²) in [6, 6.07) is 0. The predicted octanol–water partition coefficient (Wildman–Crippen LogP) is 7.49. The molecule has 0 aromatic heterocycles. The second kappa shape index (κ2) is 9.41. The van der Waals surface area contributed by atoms with Crippen LogP contribution in [0, 0.1) is 0 Å². The lowest BCUT2D eigenvalue weighted by Gasteiger charge is -2.50. The summed E-state index contributed by atoms with van der Waals surface area (Å²) in [6.07, 6.45) is 0. The molecule has 0 aromatic carbocycles. The molecular weight excluding hydrogens is 396 g/mol. The minimum Gasteiger partial charge on any atom is -0.389 e. The van der Waals surface area contributed by atoms with Crippen molar-refractivity contribution >= 4 is 17.1 Å². The van der Waals surface area contributed by atoms with Crippen LogP contribution in [-0.2, 0) is 17.7 Å². The zero-order valence-electron chi connectivity index (χ0n) is 22.5. The first-order valence-electron chi connectivity index (χ1n) is 11.2. The zero-order valence-corrected chi connectivity index (χ0v) is 24.5. The SMILES string of the molecule is CC(C)[Si](C[Si](OC(C)(C)C)(OC(C)(C)C)C(C)C)(OC(C)(C)C)OC(C)(C)C. The summed E-state index contributed by atoms with van der Waals surface area (Å²) in [5, 5.41) is 0. The molecular formula is C23H52O4Si2. The minimum absolute atomic E-state index is 0.263. The molecule has 0 unspecified atom stereocenters. The van der Waals surface area contributed by atoms with Crippen molar-refractivity contribution in [2.45, 2.75) is 150 Å². The Balaban J connectivity index is 6.67. The zero-order chi connectivity index (χ0) is 23.7. The maximum Gasteiger partial charge on any atom is 0.343 e. The van der Waals surface area contributed by atoms with Crippen molar-refractivity contribution in [3.05, 3.63) is 0 Å². The van der Waals surface area contributed by atoms with E-state index in [2.05, 4.69) is 111 Å². The van der Waals surface area contributed by atoms with Crippen LogP contribution in [0.2, 0.25) is 16.7 Å². The Hall–Kier alpha value is 0.274. The van der Waals surface area contributed by atoms with Crippen LogP contribution in [0.1, 0.15) is 111 Å². The van der Waals surface area contributed by atoms with E-state index < -0.39 is 17.1 Å². The lowest BCUT2D eigenvalue weighted by Crippen LogP contribution is -2.64. The van der Waals surface area contributed by atoms with Crippen LogP contribution in [0.5, 0.6) is 0 Å². The van der Waals surface area contributed by atoms with Crippen molar-refractivity contribution in [3.63, 3.8) is 0 Å². The summed E-state index contributed by atoms with van der Waals surface area (Å²) in [7, 11) is -5.46. The molecule has 0 saturated heterocycles. The molecule has 0 saturated carbocycles. The molecule has 0 aromatic rings. The third-order valence-electron chi connectivity index (χ3n) is 4.17. The van der Waals surface area contributed by atoms with Gasteiger partial charge in [0.05, 0.1) is 22.4 Å². The van der Waals surface area contributed by atoms with Gasteiger partial charge in [-0.05, 0) is 94.2 Å². The fraction of sp³-hybridized carbons (Fsp3) is 1.00. The molecule has 0 amide bonds. The van der Waals surface area contributed by atoms with Gasteiger partial charge in [0.2, 0.25) is 0 Å². The average Bonchev–Trinajstić information content (AvgIpc) is 2.28. The normalized spacial score (nSPS) is 15.5. The van der Waals surface area contributed by atoms with Crippen LogP contribution in [0.3, 0.4) is 0 Å². The van der Waals surface area contributed by atoms with E-state index in [9.17, 15) is 0 Å². The van der Waals surface area contributed by atoms with E-state index in [1.54, 1.807) is 0 Å². The maximum atomic E-state index is 6.89. The Morgan fingerprint density at radius 1 is 0.448 bits per heavy atom. The van der Waals surface area contributed by atoms with Crippen LogP contribution in [0.15, 0.2) is 0 Å². The molecule has 0 N–H and O–H groups in total. The largest absolute Gasteiger partial charge is 0.389 e. The van der Waals surface area contributed by atoms with Gasteiger partial charge in [0.1, 0.15) is 0 Å². The summed E-state index contributed by atoms with van der Waals surface area (Å²) in [5.74, 6) is 0. The predicted molar refractivity (Wildman–Crippen MR) is 130 cm³/mol. The molecule has 6 heteroatoms. The van der Waals surface area contributed by atoms with Gasteiger partial charge in [-0.25, -0.2) is 0 Å². The Morgan fingerprint density at radius 3 is 0.724 bits per heavy atom. The summed E-state index contributed by atoms with van der Waals surface area (Å²) >= 11 is 0. The smallest absolute Gasteiger partial charge is 0.343 e. The second-order valence-corrected chi connectivity index (χ2v) is 20.8. The van der Waals surface area contributed by atoms with Crippen molar-refractivity contribution in [1.29, 1.82) is 0 Å². The summed E-state index contributed by atoms with van der Waals surface area (Å²) in [5.41, 5.74) is 0.0608. The highest BCUT2D eigenvalue weighted by Crippen LogP contribution is 2.44. The summed E-state index contributed by atoms with van der Waals surface area (Å²) in [4.78, 5) is 0. The first-order valence-corrected chi connectivity index (χ1v) is 15.4. The van der Waals surface area contributed by atoms with Gasteiger partial charge in [0.15, 0.2) is 0 Å². The molecule has 176 valence electrons. The van der Waals surface area contributed by atoms with Crippen molar-refractivity contribution in [1.82, 2.24) is 0 Å². The summed E-state index contributed by atoms with van der Waals surface area (Å²) in [6.45, 7) is 34.4. The number of hydrogen-bond acceptors (Lipinski definition) is 4. The van der Waals surface area contributed by atoms with E-state index in [0.717, 1.165) is 5.67 Å². The Labute approximate surface area is 184 Å². The van der Waals surface area contributed by atoms with Crippen LogP contribution in [-0.4, -0.2) is 39.5 Å². The molecule has 0 fully saturated rings.